The van der Waals surface area contributed by atoms with Crippen molar-refractivity contribution >= 4 is 11.9 Å². The van der Waals surface area contributed by atoms with Crippen LogP contribution in [0.25, 0.3) is 0 Å². The zero-order valence-electron chi connectivity index (χ0n) is 6.71. The van der Waals surface area contributed by atoms with Gasteiger partial charge in [0.25, 0.3) is 0 Å². The Balaban J connectivity index is -0.000000320. The third kappa shape index (κ3) is 5.81. The van der Waals surface area contributed by atoms with E-state index in [0.29, 0.717) is 6.08 Å². The smallest absolute Gasteiger partial charge is 0.545 e. The molecule has 0 saturated carbocycles. The Morgan fingerprint density at radius 2 is 1.80 bits per heavy atom. The van der Waals surface area contributed by atoms with Gasteiger partial charge in [-0.3, -0.25) is 0 Å². The van der Waals surface area contributed by atoms with Gasteiger partial charge < -0.3 is 19.8 Å². The molecule has 0 radical (unpaired) electrons. The molecular weight excluding hydrogens is 147 g/mol. The molecular formula is C5H5NaO4. The molecule has 0 aromatic heterocycles. The summed E-state index contributed by atoms with van der Waals surface area (Å²) in [4.78, 5) is 19.4. The number of carboxylic acid groups (broad SMARTS) is 2. The molecule has 10 heavy (non-hydrogen) atoms. The second kappa shape index (κ2) is 5.46. The molecule has 0 aliphatic rings. The Kier molecular flexibility index (Phi) is 6.76. The predicted molar refractivity (Wildman–Crippen MR) is 24.9 cm³/mol. The van der Waals surface area contributed by atoms with Crippen LogP contribution < -0.4 is 39.8 Å². The van der Waals surface area contributed by atoms with Gasteiger partial charge in [0.05, 0.1) is 11.9 Å². The van der Waals surface area contributed by atoms with Gasteiger partial charge in [-0.15, -0.1) is 0 Å². The zero-order chi connectivity index (χ0) is 7.44. The summed E-state index contributed by atoms with van der Waals surface area (Å²) in [5.41, 5.74) is -0.352. The largest absolute Gasteiger partial charge is 1.00 e. The van der Waals surface area contributed by atoms with Crippen LogP contribution in [0.15, 0.2) is 11.6 Å². The topological polar surface area (TPSA) is 80.3 Å². The molecule has 0 rings (SSSR count). The number of hydrogen-bond donors (Lipinski definition) is 0. The number of hydrogen-bond acceptors (Lipinski definition) is 4. The molecule has 5 heteroatoms. The Labute approximate surface area is 81.3 Å². The molecule has 0 aliphatic heterocycles. The first-order valence-corrected chi connectivity index (χ1v) is 2.14. The van der Waals surface area contributed by atoms with Crippen LogP contribution in [-0.2, 0) is 9.59 Å². The van der Waals surface area contributed by atoms with E-state index >= 15 is 0 Å². The molecule has 0 N–H and O–H groups in total. The monoisotopic (exact) mass is 152 g/mol. The Hall–Kier alpha value is -0.320. The normalized spacial score (nSPS) is 9.90. The number of aliphatic carboxylic acids is 2. The fourth-order valence-corrected chi connectivity index (χ4v) is 0.236. The predicted octanol–water partition coefficient (Wildman–Crippen LogP) is -5.45. The van der Waals surface area contributed by atoms with Gasteiger partial charge in [-0.2, -0.15) is 0 Å². The Morgan fingerprint density at radius 3 is 1.90 bits per heavy atom. The van der Waals surface area contributed by atoms with Gasteiger partial charge in [-0.05, 0) is 18.6 Å². The molecule has 4 nitrogen and oxygen atoms in total. The van der Waals surface area contributed by atoms with Crippen LogP contribution >= 0.6 is 0 Å². The Morgan fingerprint density at radius 1 is 1.40 bits per heavy atom. The molecule has 0 saturated heterocycles. The molecule has 0 aliphatic carbocycles. The summed E-state index contributed by atoms with van der Waals surface area (Å²) in [5.74, 6) is -3.03. The van der Waals surface area contributed by atoms with Crippen LogP contribution in [0, 0.1) is 0 Å². The third-order valence-electron chi connectivity index (χ3n) is 0.656. The third-order valence-corrected chi connectivity index (χ3v) is 0.656. The summed E-state index contributed by atoms with van der Waals surface area (Å²) in [6.07, 6.45) is 0.468. The van der Waals surface area contributed by atoms with E-state index in [1.54, 1.807) is 0 Å². The van der Waals surface area contributed by atoms with Gasteiger partial charge in [0.15, 0.2) is 0 Å². The van der Waals surface area contributed by atoms with Crippen molar-refractivity contribution in [2.24, 2.45) is 0 Å². The van der Waals surface area contributed by atoms with Crippen molar-refractivity contribution in [3.63, 3.8) is 0 Å². The minimum atomic E-state index is -1.53. The van der Waals surface area contributed by atoms with Gasteiger partial charge in [-0.1, -0.05) is 0 Å². The van der Waals surface area contributed by atoms with Crippen molar-refractivity contribution in [3.05, 3.63) is 11.6 Å². The van der Waals surface area contributed by atoms with Gasteiger partial charge >= 0.3 is 31.0 Å². The van der Waals surface area contributed by atoms with Crippen molar-refractivity contribution in [1.82, 2.24) is 0 Å². The van der Waals surface area contributed by atoms with E-state index in [0.717, 1.165) is 6.92 Å². The molecule has 0 aromatic carbocycles. The van der Waals surface area contributed by atoms with Crippen LogP contribution in [0.5, 0.6) is 0 Å². The molecule has 0 unspecified atom stereocenters. The SMILES string of the molecule is C/C(=C/C(=O)[O-])C(=O)[O-].[H+].[Na+]. The van der Waals surface area contributed by atoms with Crippen LogP contribution in [0.1, 0.15) is 8.35 Å². The molecule has 0 heterocycles. The molecule has 0 bridgehead atoms. The first-order valence-electron chi connectivity index (χ1n) is 2.14. The van der Waals surface area contributed by atoms with Crippen molar-refractivity contribution in [2.75, 3.05) is 0 Å². The molecule has 0 spiro atoms. The average molecular weight is 152 g/mol. The van der Waals surface area contributed by atoms with E-state index in [2.05, 4.69) is 0 Å². The van der Waals surface area contributed by atoms with Gasteiger partial charge in [-0.25, -0.2) is 0 Å². The van der Waals surface area contributed by atoms with Crippen LogP contribution in [0.3, 0.4) is 0 Å². The summed E-state index contributed by atoms with van der Waals surface area (Å²) >= 11 is 0. The maximum atomic E-state index is 9.76. The van der Waals surface area contributed by atoms with Crippen molar-refractivity contribution in [3.8, 4) is 0 Å². The van der Waals surface area contributed by atoms with Gasteiger partial charge in [0, 0.05) is 0 Å². The minimum Gasteiger partial charge on any atom is -0.545 e. The maximum Gasteiger partial charge on any atom is 1.00 e. The van der Waals surface area contributed by atoms with Crippen LogP contribution in [0.4, 0.5) is 0 Å². The molecule has 0 amide bonds. The zero-order valence-corrected chi connectivity index (χ0v) is 7.71. The molecule has 0 aromatic rings. The van der Waals surface area contributed by atoms with Crippen LogP contribution in [-0.4, -0.2) is 11.9 Å². The minimum absolute atomic E-state index is 0. The summed E-state index contributed by atoms with van der Waals surface area (Å²) < 4.78 is 0. The van der Waals surface area contributed by atoms with E-state index in [4.69, 9.17) is 0 Å². The van der Waals surface area contributed by atoms with Crippen LogP contribution in [0.2, 0.25) is 0 Å². The number of rotatable bonds is 2. The van der Waals surface area contributed by atoms with E-state index in [1.165, 1.54) is 0 Å². The van der Waals surface area contributed by atoms with Gasteiger partial charge in [0.2, 0.25) is 0 Å². The quantitative estimate of drug-likeness (QED) is 0.292. The first kappa shape index (κ1) is 12.4. The first-order chi connectivity index (χ1) is 4.04. The standard InChI is InChI=1S/C5H6O4.Na/c1-3(5(8)9)2-4(6)7;/h2H,1H3,(H,6,7)(H,8,9);/q;+1/p-1/b3-2-;. The fraction of sp³-hybridized carbons (Fsp3) is 0.200. The number of carbonyl (C=O) groups excluding carboxylic acids is 2. The van der Waals surface area contributed by atoms with E-state index < -0.39 is 11.9 Å². The maximum absolute atomic E-state index is 9.76. The number of carboxylic acids is 2. The van der Waals surface area contributed by atoms with E-state index in [-0.39, 0.29) is 36.6 Å². The van der Waals surface area contributed by atoms with E-state index in [1.807, 2.05) is 0 Å². The summed E-state index contributed by atoms with van der Waals surface area (Å²) in [6.45, 7) is 1.12. The van der Waals surface area contributed by atoms with Crippen molar-refractivity contribution in [2.45, 2.75) is 6.92 Å². The summed E-state index contributed by atoms with van der Waals surface area (Å²) in [7, 11) is 0. The summed E-state index contributed by atoms with van der Waals surface area (Å²) in [6, 6.07) is 0. The number of carbonyl (C=O) groups is 2. The summed E-state index contributed by atoms with van der Waals surface area (Å²) in [5, 5.41) is 19.4. The molecule has 0 fully saturated rings. The molecule has 50 valence electrons. The fourth-order valence-electron chi connectivity index (χ4n) is 0.236. The van der Waals surface area contributed by atoms with Crippen molar-refractivity contribution in [1.29, 1.82) is 0 Å². The average Bonchev–Trinajstić information content (AvgIpc) is 1.63. The van der Waals surface area contributed by atoms with Gasteiger partial charge in [0.1, 0.15) is 0 Å². The second-order valence-corrected chi connectivity index (χ2v) is 1.43. The second-order valence-electron chi connectivity index (χ2n) is 1.43. The Bertz CT molecular complexity index is 177. The van der Waals surface area contributed by atoms with Crippen molar-refractivity contribution < 1.29 is 50.8 Å². The molecule has 0 atom stereocenters. The van der Waals surface area contributed by atoms with E-state index in [9.17, 15) is 19.8 Å².